The standard InChI is InChI=1S/C14H12Br2FN/c15-10-6-4-9(5-7-10)8-13(18)11-2-1-3-12(17)14(11)16/h1-7,13H,8,18H2. The molecule has 0 fully saturated rings. The van der Waals surface area contributed by atoms with Gasteiger partial charge in [0, 0.05) is 10.5 Å². The molecule has 4 heteroatoms. The Labute approximate surface area is 122 Å². The summed E-state index contributed by atoms with van der Waals surface area (Å²) >= 11 is 6.63. The molecule has 0 spiro atoms. The SMILES string of the molecule is NC(Cc1ccc(Br)cc1)c1cccc(F)c1Br. The number of halogens is 3. The molecule has 94 valence electrons. The zero-order valence-corrected chi connectivity index (χ0v) is 12.7. The average molecular weight is 373 g/mol. The zero-order chi connectivity index (χ0) is 13.1. The predicted molar refractivity (Wildman–Crippen MR) is 78.9 cm³/mol. The minimum absolute atomic E-state index is 0.226. The van der Waals surface area contributed by atoms with E-state index in [1.54, 1.807) is 6.07 Å². The Morgan fingerprint density at radius 3 is 2.39 bits per heavy atom. The van der Waals surface area contributed by atoms with Crippen molar-refractivity contribution in [3.8, 4) is 0 Å². The second-order valence-electron chi connectivity index (χ2n) is 4.08. The Balaban J connectivity index is 2.19. The van der Waals surface area contributed by atoms with E-state index < -0.39 is 0 Å². The Bertz CT molecular complexity index is 540. The molecule has 2 aromatic rings. The molecular weight excluding hydrogens is 361 g/mol. The van der Waals surface area contributed by atoms with Gasteiger partial charge in [0.2, 0.25) is 0 Å². The first-order chi connectivity index (χ1) is 8.58. The summed E-state index contributed by atoms with van der Waals surface area (Å²) in [6.07, 6.45) is 0.676. The van der Waals surface area contributed by atoms with Crippen LogP contribution in [0.15, 0.2) is 51.4 Å². The molecule has 0 bridgehead atoms. The van der Waals surface area contributed by atoms with E-state index in [0.717, 1.165) is 15.6 Å². The van der Waals surface area contributed by atoms with E-state index in [2.05, 4.69) is 31.9 Å². The fourth-order valence-corrected chi connectivity index (χ4v) is 2.61. The van der Waals surface area contributed by atoms with Crippen molar-refractivity contribution < 1.29 is 4.39 Å². The number of rotatable bonds is 3. The third-order valence-corrected chi connectivity index (χ3v) is 4.12. The van der Waals surface area contributed by atoms with Crippen LogP contribution in [0.4, 0.5) is 4.39 Å². The van der Waals surface area contributed by atoms with Crippen LogP contribution in [0.5, 0.6) is 0 Å². The molecule has 0 heterocycles. The van der Waals surface area contributed by atoms with Crippen LogP contribution in [0.3, 0.4) is 0 Å². The van der Waals surface area contributed by atoms with E-state index in [1.165, 1.54) is 6.07 Å². The van der Waals surface area contributed by atoms with Gasteiger partial charge in [0.15, 0.2) is 0 Å². The average Bonchev–Trinajstić information content (AvgIpc) is 2.35. The van der Waals surface area contributed by atoms with Gasteiger partial charge in [0.25, 0.3) is 0 Å². The fourth-order valence-electron chi connectivity index (χ4n) is 1.79. The van der Waals surface area contributed by atoms with E-state index in [1.807, 2.05) is 30.3 Å². The topological polar surface area (TPSA) is 26.0 Å². The first-order valence-electron chi connectivity index (χ1n) is 5.52. The molecule has 0 aliphatic carbocycles. The minimum Gasteiger partial charge on any atom is -0.324 e. The third kappa shape index (κ3) is 3.19. The highest BCUT2D eigenvalue weighted by atomic mass is 79.9. The molecule has 1 atom stereocenters. The van der Waals surface area contributed by atoms with Crippen LogP contribution in [-0.4, -0.2) is 0 Å². The van der Waals surface area contributed by atoms with Gasteiger partial charge in [-0.25, -0.2) is 4.39 Å². The molecule has 0 amide bonds. The smallest absolute Gasteiger partial charge is 0.137 e. The number of benzene rings is 2. The molecule has 1 nitrogen and oxygen atoms in total. The second-order valence-corrected chi connectivity index (χ2v) is 5.79. The number of hydrogen-bond donors (Lipinski definition) is 1. The molecule has 2 aromatic carbocycles. The van der Waals surface area contributed by atoms with Gasteiger partial charge in [-0.05, 0) is 51.7 Å². The van der Waals surface area contributed by atoms with Crippen LogP contribution in [0.2, 0.25) is 0 Å². The van der Waals surface area contributed by atoms with Gasteiger partial charge in [-0.1, -0.05) is 40.2 Å². The van der Waals surface area contributed by atoms with Gasteiger partial charge >= 0.3 is 0 Å². The molecule has 0 aromatic heterocycles. The van der Waals surface area contributed by atoms with Gasteiger partial charge in [-0.2, -0.15) is 0 Å². The van der Waals surface area contributed by atoms with Gasteiger partial charge in [-0.3, -0.25) is 0 Å². The maximum atomic E-state index is 13.4. The summed E-state index contributed by atoms with van der Waals surface area (Å²) in [4.78, 5) is 0. The quantitative estimate of drug-likeness (QED) is 0.837. The second kappa shape index (κ2) is 5.95. The van der Waals surface area contributed by atoms with Crippen LogP contribution < -0.4 is 5.73 Å². The number of nitrogens with two attached hydrogens (primary N) is 1. The van der Waals surface area contributed by atoms with E-state index in [-0.39, 0.29) is 11.9 Å². The molecule has 0 saturated carbocycles. The maximum Gasteiger partial charge on any atom is 0.137 e. The lowest BCUT2D eigenvalue weighted by Gasteiger charge is -2.14. The van der Waals surface area contributed by atoms with Crippen LogP contribution in [0, 0.1) is 5.82 Å². The highest BCUT2D eigenvalue weighted by Crippen LogP contribution is 2.27. The summed E-state index contributed by atoms with van der Waals surface area (Å²) in [5.41, 5.74) is 8.04. The summed E-state index contributed by atoms with van der Waals surface area (Å²) in [5.74, 6) is -0.279. The monoisotopic (exact) mass is 371 g/mol. The lowest BCUT2D eigenvalue weighted by Crippen LogP contribution is -2.14. The van der Waals surface area contributed by atoms with E-state index in [0.29, 0.717) is 10.9 Å². The summed E-state index contributed by atoms with van der Waals surface area (Å²) in [6, 6.07) is 12.7. The van der Waals surface area contributed by atoms with Crippen molar-refractivity contribution >= 4 is 31.9 Å². The highest BCUT2D eigenvalue weighted by Gasteiger charge is 2.13. The third-order valence-electron chi connectivity index (χ3n) is 2.75. The number of hydrogen-bond acceptors (Lipinski definition) is 1. The van der Waals surface area contributed by atoms with E-state index in [4.69, 9.17) is 5.73 Å². The lowest BCUT2D eigenvalue weighted by molar-refractivity contribution is 0.610. The lowest BCUT2D eigenvalue weighted by atomic mass is 10.00. The Kier molecular flexibility index (Phi) is 4.54. The molecule has 18 heavy (non-hydrogen) atoms. The van der Waals surface area contributed by atoms with Crippen molar-refractivity contribution in [2.75, 3.05) is 0 Å². The van der Waals surface area contributed by atoms with Crippen LogP contribution in [-0.2, 0) is 6.42 Å². The molecule has 1 unspecified atom stereocenters. The molecular formula is C14H12Br2FN. The van der Waals surface area contributed by atoms with Crippen molar-refractivity contribution in [1.29, 1.82) is 0 Å². The van der Waals surface area contributed by atoms with Crippen molar-refractivity contribution in [1.82, 2.24) is 0 Å². The Morgan fingerprint density at radius 2 is 1.72 bits per heavy atom. The summed E-state index contributed by atoms with van der Waals surface area (Å²) in [6.45, 7) is 0. The van der Waals surface area contributed by atoms with Gasteiger partial charge in [-0.15, -0.1) is 0 Å². The summed E-state index contributed by atoms with van der Waals surface area (Å²) < 4.78 is 14.9. The zero-order valence-electron chi connectivity index (χ0n) is 9.54. The first kappa shape index (κ1) is 13.7. The molecule has 0 aliphatic heterocycles. The van der Waals surface area contributed by atoms with Crippen molar-refractivity contribution in [2.45, 2.75) is 12.5 Å². The first-order valence-corrected chi connectivity index (χ1v) is 7.10. The van der Waals surface area contributed by atoms with Crippen LogP contribution in [0.25, 0.3) is 0 Å². The van der Waals surface area contributed by atoms with E-state index in [9.17, 15) is 4.39 Å². The Hall–Kier alpha value is -0.710. The van der Waals surface area contributed by atoms with Crippen molar-refractivity contribution in [2.24, 2.45) is 5.73 Å². The summed E-state index contributed by atoms with van der Waals surface area (Å²) in [5, 5.41) is 0. The van der Waals surface area contributed by atoms with Gasteiger partial charge in [0.05, 0.1) is 4.47 Å². The van der Waals surface area contributed by atoms with Crippen LogP contribution in [0.1, 0.15) is 17.2 Å². The maximum absolute atomic E-state index is 13.4. The van der Waals surface area contributed by atoms with E-state index >= 15 is 0 Å². The minimum atomic E-state index is -0.279. The summed E-state index contributed by atoms with van der Waals surface area (Å²) in [7, 11) is 0. The Morgan fingerprint density at radius 1 is 1.06 bits per heavy atom. The van der Waals surface area contributed by atoms with Gasteiger partial charge in [0.1, 0.15) is 5.82 Å². The molecule has 0 aliphatic rings. The van der Waals surface area contributed by atoms with Gasteiger partial charge < -0.3 is 5.73 Å². The predicted octanol–water partition coefficient (Wildman–Crippen LogP) is 4.59. The highest BCUT2D eigenvalue weighted by molar-refractivity contribution is 9.10. The molecule has 2 rings (SSSR count). The molecule has 0 radical (unpaired) electrons. The molecule has 2 N–H and O–H groups in total. The van der Waals surface area contributed by atoms with Crippen molar-refractivity contribution in [3.05, 3.63) is 68.4 Å². The largest absolute Gasteiger partial charge is 0.324 e. The van der Waals surface area contributed by atoms with Crippen LogP contribution >= 0.6 is 31.9 Å². The normalized spacial score (nSPS) is 12.4. The fraction of sp³-hybridized carbons (Fsp3) is 0.143. The van der Waals surface area contributed by atoms with Crippen molar-refractivity contribution in [3.63, 3.8) is 0 Å². The molecule has 0 saturated heterocycles.